The average Bonchev–Trinajstić information content (AvgIpc) is 3.07. The summed E-state index contributed by atoms with van der Waals surface area (Å²) < 4.78 is 0. The molecule has 3 rings (SSSR count). The van der Waals surface area contributed by atoms with Crippen LogP contribution in [0.15, 0.2) is 24.3 Å². The van der Waals surface area contributed by atoms with Crippen molar-refractivity contribution in [3.63, 3.8) is 0 Å². The van der Waals surface area contributed by atoms with Crippen molar-refractivity contribution in [3.05, 3.63) is 29.8 Å². The first-order valence-electron chi connectivity index (χ1n) is 10.4. The van der Waals surface area contributed by atoms with Gasteiger partial charge in [0.25, 0.3) is 0 Å². The van der Waals surface area contributed by atoms with Gasteiger partial charge in [0.15, 0.2) is 0 Å². The van der Waals surface area contributed by atoms with Gasteiger partial charge in [0.05, 0.1) is 0 Å². The molecule has 1 aromatic rings. The molecule has 1 atom stereocenters. The van der Waals surface area contributed by atoms with E-state index in [0.717, 1.165) is 38.2 Å². The molecule has 0 aromatic heterocycles. The summed E-state index contributed by atoms with van der Waals surface area (Å²) in [6, 6.07) is 8.18. The topological polar surface area (TPSA) is 52.7 Å². The van der Waals surface area contributed by atoms with Crippen LogP contribution < -0.4 is 10.2 Å². The number of likely N-dealkylation sites (tertiary alicyclic amines) is 1. The molecule has 1 unspecified atom stereocenters. The molecule has 2 heterocycles. The van der Waals surface area contributed by atoms with Gasteiger partial charge in [0.1, 0.15) is 5.92 Å². The third-order valence-corrected chi connectivity index (χ3v) is 6.10. The van der Waals surface area contributed by atoms with E-state index < -0.39 is 5.92 Å². The van der Waals surface area contributed by atoms with Crippen molar-refractivity contribution in [3.8, 4) is 0 Å². The maximum absolute atomic E-state index is 12.9. The van der Waals surface area contributed by atoms with Crippen LogP contribution in [-0.2, 0) is 9.59 Å². The Bertz CT molecular complexity index is 654. The number of amides is 2. The Morgan fingerprint density at radius 1 is 1.11 bits per heavy atom. The second-order valence-electron chi connectivity index (χ2n) is 8.24. The number of piperidine rings is 1. The molecule has 28 heavy (non-hydrogen) atoms. The van der Waals surface area contributed by atoms with Crippen LogP contribution in [0.25, 0.3) is 0 Å². The van der Waals surface area contributed by atoms with Gasteiger partial charge in [-0.15, -0.1) is 12.4 Å². The molecular formula is C22H34ClN3O2. The Balaban J connectivity index is 0.00000280. The zero-order chi connectivity index (χ0) is 19.4. The Hall–Kier alpha value is -1.59. The van der Waals surface area contributed by atoms with E-state index in [4.69, 9.17) is 0 Å². The number of rotatable bonds is 6. The Kier molecular flexibility index (Phi) is 8.32. The summed E-state index contributed by atoms with van der Waals surface area (Å²) in [4.78, 5) is 29.5. The molecule has 2 saturated heterocycles. The number of nitrogens with one attached hydrogen (secondary N) is 1. The van der Waals surface area contributed by atoms with E-state index in [-0.39, 0.29) is 24.2 Å². The van der Waals surface area contributed by atoms with E-state index in [1.54, 1.807) is 4.90 Å². The maximum atomic E-state index is 12.9. The summed E-state index contributed by atoms with van der Waals surface area (Å²) in [5.41, 5.74) is 2.17. The predicted octanol–water partition coefficient (Wildman–Crippen LogP) is 3.43. The van der Waals surface area contributed by atoms with Gasteiger partial charge in [-0.05, 0) is 68.8 Å². The summed E-state index contributed by atoms with van der Waals surface area (Å²) in [6.45, 7) is 7.57. The van der Waals surface area contributed by atoms with Crippen molar-refractivity contribution in [2.75, 3.05) is 38.1 Å². The number of nitrogens with zero attached hydrogens (tertiary/aromatic N) is 2. The van der Waals surface area contributed by atoms with Gasteiger partial charge in [-0.2, -0.15) is 0 Å². The molecule has 6 heteroatoms. The third-order valence-electron chi connectivity index (χ3n) is 6.10. The zero-order valence-electron chi connectivity index (χ0n) is 17.3. The minimum atomic E-state index is -0.497. The summed E-state index contributed by atoms with van der Waals surface area (Å²) >= 11 is 0. The number of halogens is 1. The fourth-order valence-corrected chi connectivity index (χ4v) is 4.22. The van der Waals surface area contributed by atoms with Gasteiger partial charge in [-0.3, -0.25) is 9.59 Å². The fraction of sp³-hybridized carbons (Fsp3) is 0.636. The largest absolute Gasteiger partial charge is 0.342 e. The predicted molar refractivity (Wildman–Crippen MR) is 116 cm³/mol. The molecule has 1 N–H and O–H groups in total. The van der Waals surface area contributed by atoms with Crippen molar-refractivity contribution in [2.45, 2.75) is 45.4 Å². The quantitative estimate of drug-likeness (QED) is 0.735. The number of hydrogen-bond acceptors (Lipinski definition) is 3. The lowest BCUT2D eigenvalue weighted by Gasteiger charge is -2.33. The van der Waals surface area contributed by atoms with Crippen LogP contribution in [-0.4, -0.2) is 49.9 Å². The third kappa shape index (κ3) is 5.06. The molecule has 2 aliphatic heterocycles. The van der Waals surface area contributed by atoms with Crippen molar-refractivity contribution < 1.29 is 9.59 Å². The van der Waals surface area contributed by atoms with Crippen LogP contribution in [0, 0.1) is 11.8 Å². The molecule has 0 aliphatic carbocycles. The first-order chi connectivity index (χ1) is 13.0. The summed E-state index contributed by atoms with van der Waals surface area (Å²) in [6.07, 6.45) is 3.90. The van der Waals surface area contributed by atoms with Crippen LogP contribution in [0.3, 0.4) is 0 Å². The molecule has 156 valence electrons. The molecule has 0 bridgehead atoms. The molecule has 2 fully saturated rings. The van der Waals surface area contributed by atoms with Crippen LogP contribution in [0.1, 0.15) is 51.0 Å². The molecule has 0 spiro atoms. The van der Waals surface area contributed by atoms with E-state index in [0.29, 0.717) is 24.8 Å². The maximum Gasteiger partial charge on any atom is 0.239 e. The van der Waals surface area contributed by atoms with E-state index in [1.165, 1.54) is 12.0 Å². The number of hydrogen-bond donors (Lipinski definition) is 1. The smallest absolute Gasteiger partial charge is 0.239 e. The lowest BCUT2D eigenvalue weighted by molar-refractivity contribution is -0.141. The molecule has 0 saturated carbocycles. The van der Waals surface area contributed by atoms with E-state index in [2.05, 4.69) is 31.3 Å². The standard InChI is InChI=1S/C22H33N3O2.ClH/c1-16(2)18-4-6-19(7-5-18)25-15-11-20(22(25)27)21(26)24-13-9-17(10-14-24)8-12-23-3;/h4-7,16-17,20,23H,8-15H2,1-3H3;1H. The second-order valence-corrected chi connectivity index (χ2v) is 8.24. The van der Waals surface area contributed by atoms with Gasteiger partial charge >= 0.3 is 0 Å². The van der Waals surface area contributed by atoms with E-state index >= 15 is 0 Å². The fourth-order valence-electron chi connectivity index (χ4n) is 4.22. The number of anilines is 1. The Morgan fingerprint density at radius 3 is 2.32 bits per heavy atom. The molecule has 2 aliphatic rings. The van der Waals surface area contributed by atoms with Crippen molar-refractivity contribution in [1.29, 1.82) is 0 Å². The minimum absolute atomic E-state index is 0. The number of carbonyl (C=O) groups is 2. The lowest BCUT2D eigenvalue weighted by atomic mass is 9.92. The highest BCUT2D eigenvalue weighted by molar-refractivity contribution is 6.09. The van der Waals surface area contributed by atoms with Gasteiger partial charge in [0, 0.05) is 25.3 Å². The molecule has 5 nitrogen and oxygen atoms in total. The monoisotopic (exact) mass is 407 g/mol. The van der Waals surface area contributed by atoms with E-state index in [9.17, 15) is 9.59 Å². The molecule has 2 amide bonds. The second kappa shape index (κ2) is 10.3. The summed E-state index contributed by atoms with van der Waals surface area (Å²) in [7, 11) is 1.98. The SMILES string of the molecule is CNCCC1CCN(C(=O)C2CCN(c3ccc(C(C)C)cc3)C2=O)CC1.Cl. The highest BCUT2D eigenvalue weighted by atomic mass is 35.5. The van der Waals surface area contributed by atoms with Gasteiger partial charge in [0.2, 0.25) is 11.8 Å². The lowest BCUT2D eigenvalue weighted by Crippen LogP contribution is -2.44. The van der Waals surface area contributed by atoms with Gasteiger partial charge in [-0.25, -0.2) is 0 Å². The number of benzene rings is 1. The number of carbonyl (C=O) groups excluding carboxylic acids is 2. The highest BCUT2D eigenvalue weighted by Gasteiger charge is 2.40. The van der Waals surface area contributed by atoms with Crippen molar-refractivity contribution in [2.24, 2.45) is 11.8 Å². The van der Waals surface area contributed by atoms with Crippen molar-refractivity contribution >= 4 is 29.9 Å². The molecule has 1 aromatic carbocycles. The van der Waals surface area contributed by atoms with Crippen LogP contribution in [0.5, 0.6) is 0 Å². The molecular weight excluding hydrogens is 374 g/mol. The zero-order valence-corrected chi connectivity index (χ0v) is 18.1. The Morgan fingerprint density at radius 2 is 1.75 bits per heavy atom. The van der Waals surface area contributed by atoms with Crippen LogP contribution in [0.2, 0.25) is 0 Å². The molecule has 0 radical (unpaired) electrons. The van der Waals surface area contributed by atoms with Crippen LogP contribution >= 0.6 is 12.4 Å². The summed E-state index contributed by atoms with van der Waals surface area (Å²) in [5, 5.41) is 3.20. The minimum Gasteiger partial charge on any atom is -0.342 e. The van der Waals surface area contributed by atoms with Gasteiger partial charge in [-0.1, -0.05) is 26.0 Å². The van der Waals surface area contributed by atoms with Crippen molar-refractivity contribution in [1.82, 2.24) is 10.2 Å². The Labute approximate surface area is 175 Å². The summed E-state index contributed by atoms with van der Waals surface area (Å²) in [5.74, 6) is 0.669. The first kappa shape index (κ1) is 22.7. The highest BCUT2D eigenvalue weighted by Crippen LogP contribution is 2.29. The van der Waals surface area contributed by atoms with Crippen LogP contribution in [0.4, 0.5) is 5.69 Å². The average molecular weight is 408 g/mol. The first-order valence-corrected chi connectivity index (χ1v) is 10.4. The van der Waals surface area contributed by atoms with Gasteiger partial charge < -0.3 is 15.1 Å². The van der Waals surface area contributed by atoms with E-state index in [1.807, 2.05) is 24.1 Å². The normalized spacial score (nSPS) is 20.6.